The molecule has 1 aromatic heterocycles. The molecule has 0 aliphatic heterocycles. The van der Waals surface area contributed by atoms with Gasteiger partial charge in [-0.05, 0) is 66.4 Å². The van der Waals surface area contributed by atoms with E-state index < -0.39 is 0 Å². The smallest absolute Gasteiger partial charge is 0.181 e. The predicted molar refractivity (Wildman–Crippen MR) is 108 cm³/mol. The number of benzene rings is 2. The summed E-state index contributed by atoms with van der Waals surface area (Å²) in [5, 5.41) is 17.4. The normalized spacial score (nSPS) is 16.3. The zero-order chi connectivity index (χ0) is 18.9. The highest BCUT2D eigenvalue weighted by Crippen LogP contribution is 2.40. The van der Waals surface area contributed by atoms with Crippen LogP contribution in [0, 0.1) is 13.8 Å². The van der Waals surface area contributed by atoms with E-state index in [0.717, 1.165) is 53.5 Å². The lowest BCUT2D eigenvalue weighted by Gasteiger charge is -2.38. The fourth-order valence-corrected chi connectivity index (χ4v) is 4.17. The number of nitrogens with one attached hydrogen (secondary N) is 1. The van der Waals surface area contributed by atoms with Crippen molar-refractivity contribution in [2.24, 2.45) is 0 Å². The Hall–Kier alpha value is -2.40. The molecule has 0 saturated heterocycles. The van der Waals surface area contributed by atoms with Crippen LogP contribution in [-0.4, -0.2) is 20.2 Å². The summed E-state index contributed by atoms with van der Waals surface area (Å²) in [5.41, 5.74) is 3.98. The summed E-state index contributed by atoms with van der Waals surface area (Å²) in [4.78, 5) is 0. The Balaban J connectivity index is 1.82. The standard InChI is InChI=1S/C21H24ClN5/c1-15-9-4-5-11-18(15)23-21(13-6-3-7-14-21)20-24-25-26-27(20)19-12-8-10-17(22)16(19)2/h4-5,8-12,23H,3,6-7,13-14H2,1-2H3. The average Bonchev–Trinajstić information content (AvgIpc) is 3.17. The van der Waals surface area contributed by atoms with Crippen molar-refractivity contribution in [3.63, 3.8) is 0 Å². The Bertz CT molecular complexity index is 943. The van der Waals surface area contributed by atoms with Crippen molar-refractivity contribution in [1.82, 2.24) is 20.2 Å². The fourth-order valence-electron chi connectivity index (χ4n) is 4.00. The van der Waals surface area contributed by atoms with Crippen LogP contribution in [0.4, 0.5) is 5.69 Å². The van der Waals surface area contributed by atoms with Gasteiger partial charge in [0.1, 0.15) is 0 Å². The molecular weight excluding hydrogens is 358 g/mol. The number of nitrogens with zero attached hydrogens (tertiary/aromatic N) is 4. The molecule has 5 nitrogen and oxygen atoms in total. The van der Waals surface area contributed by atoms with Gasteiger partial charge in [0.2, 0.25) is 0 Å². The zero-order valence-electron chi connectivity index (χ0n) is 15.7. The molecule has 0 unspecified atom stereocenters. The Morgan fingerprint density at radius 3 is 2.56 bits per heavy atom. The molecule has 2 aromatic carbocycles. The highest BCUT2D eigenvalue weighted by Gasteiger charge is 2.39. The first-order chi connectivity index (χ1) is 13.1. The van der Waals surface area contributed by atoms with Gasteiger partial charge in [0, 0.05) is 10.7 Å². The van der Waals surface area contributed by atoms with Crippen molar-refractivity contribution in [3.05, 3.63) is 64.4 Å². The van der Waals surface area contributed by atoms with E-state index in [4.69, 9.17) is 11.6 Å². The van der Waals surface area contributed by atoms with Gasteiger partial charge < -0.3 is 5.32 Å². The zero-order valence-corrected chi connectivity index (χ0v) is 16.5. The van der Waals surface area contributed by atoms with E-state index >= 15 is 0 Å². The number of aryl methyl sites for hydroxylation is 1. The van der Waals surface area contributed by atoms with Gasteiger partial charge in [0.05, 0.1) is 11.2 Å². The first-order valence-electron chi connectivity index (χ1n) is 9.49. The Labute approximate surface area is 164 Å². The quantitative estimate of drug-likeness (QED) is 0.674. The summed E-state index contributed by atoms with van der Waals surface area (Å²) in [6.45, 7) is 4.13. The number of hydrogen-bond donors (Lipinski definition) is 1. The lowest BCUT2D eigenvalue weighted by Crippen LogP contribution is -2.40. The van der Waals surface area contributed by atoms with Gasteiger partial charge in [-0.1, -0.05) is 55.1 Å². The summed E-state index contributed by atoms with van der Waals surface area (Å²) in [7, 11) is 0. The topological polar surface area (TPSA) is 55.6 Å². The number of aromatic nitrogens is 4. The third-order valence-electron chi connectivity index (χ3n) is 5.59. The van der Waals surface area contributed by atoms with Gasteiger partial charge in [-0.25, -0.2) is 0 Å². The second kappa shape index (κ2) is 7.31. The van der Waals surface area contributed by atoms with Crippen LogP contribution in [0.3, 0.4) is 0 Å². The SMILES string of the molecule is Cc1ccccc1NC1(c2nnnn2-c2cccc(Cl)c2C)CCCCC1. The number of rotatable bonds is 4. The number of para-hydroxylation sites is 1. The molecule has 4 rings (SSSR count). The molecule has 27 heavy (non-hydrogen) atoms. The Morgan fingerprint density at radius 1 is 1.00 bits per heavy atom. The van der Waals surface area contributed by atoms with Gasteiger partial charge in [-0.2, -0.15) is 4.68 Å². The minimum atomic E-state index is -0.289. The van der Waals surface area contributed by atoms with Crippen molar-refractivity contribution in [2.75, 3.05) is 5.32 Å². The maximum atomic E-state index is 6.36. The highest BCUT2D eigenvalue weighted by atomic mass is 35.5. The molecule has 1 heterocycles. The van der Waals surface area contributed by atoms with Crippen molar-refractivity contribution < 1.29 is 0 Å². The van der Waals surface area contributed by atoms with Crippen LogP contribution in [0.1, 0.15) is 49.1 Å². The molecule has 0 bridgehead atoms. The van der Waals surface area contributed by atoms with E-state index in [1.54, 1.807) is 0 Å². The lowest BCUT2D eigenvalue weighted by atomic mass is 9.80. The van der Waals surface area contributed by atoms with E-state index in [0.29, 0.717) is 0 Å². The van der Waals surface area contributed by atoms with Gasteiger partial charge in [-0.15, -0.1) is 5.10 Å². The maximum Gasteiger partial charge on any atom is 0.181 e. The molecule has 1 aliphatic carbocycles. The first kappa shape index (κ1) is 18.0. The minimum Gasteiger partial charge on any atom is -0.372 e. The monoisotopic (exact) mass is 381 g/mol. The molecule has 0 atom stereocenters. The highest BCUT2D eigenvalue weighted by molar-refractivity contribution is 6.31. The summed E-state index contributed by atoms with van der Waals surface area (Å²) >= 11 is 6.36. The van der Waals surface area contributed by atoms with Crippen LogP contribution in [0.2, 0.25) is 5.02 Å². The third kappa shape index (κ3) is 3.32. The number of anilines is 1. The second-order valence-corrected chi connectivity index (χ2v) is 7.79. The number of hydrogen-bond acceptors (Lipinski definition) is 4. The van der Waals surface area contributed by atoms with Crippen molar-refractivity contribution in [3.8, 4) is 5.69 Å². The van der Waals surface area contributed by atoms with Crippen LogP contribution in [0.25, 0.3) is 5.69 Å². The molecule has 3 aromatic rings. The van der Waals surface area contributed by atoms with E-state index in [-0.39, 0.29) is 5.54 Å². The first-order valence-corrected chi connectivity index (χ1v) is 9.87. The molecule has 0 radical (unpaired) electrons. The largest absolute Gasteiger partial charge is 0.372 e. The average molecular weight is 382 g/mol. The third-order valence-corrected chi connectivity index (χ3v) is 6.00. The van der Waals surface area contributed by atoms with E-state index in [2.05, 4.69) is 52.0 Å². The molecule has 140 valence electrons. The molecule has 1 fully saturated rings. The molecule has 1 saturated carbocycles. The van der Waals surface area contributed by atoms with Gasteiger partial charge in [0.25, 0.3) is 0 Å². The molecule has 0 amide bonds. The minimum absolute atomic E-state index is 0.289. The summed E-state index contributed by atoms with van der Waals surface area (Å²) in [5.74, 6) is 0.857. The van der Waals surface area contributed by atoms with Gasteiger partial charge in [0.15, 0.2) is 5.82 Å². The molecule has 1 aliphatic rings. The van der Waals surface area contributed by atoms with E-state index in [9.17, 15) is 0 Å². The van der Waals surface area contributed by atoms with Crippen LogP contribution >= 0.6 is 11.6 Å². The van der Waals surface area contributed by atoms with E-state index in [1.165, 1.54) is 12.0 Å². The molecule has 1 N–H and O–H groups in total. The molecule has 6 heteroatoms. The van der Waals surface area contributed by atoms with Crippen LogP contribution in [0.5, 0.6) is 0 Å². The Kier molecular flexibility index (Phi) is 4.87. The number of tetrazole rings is 1. The van der Waals surface area contributed by atoms with Crippen molar-refractivity contribution in [1.29, 1.82) is 0 Å². The predicted octanol–water partition coefficient (Wildman–Crippen LogP) is 5.20. The van der Waals surface area contributed by atoms with Gasteiger partial charge >= 0.3 is 0 Å². The number of halogens is 1. The van der Waals surface area contributed by atoms with E-state index in [1.807, 2.05) is 29.8 Å². The Morgan fingerprint density at radius 2 is 1.78 bits per heavy atom. The fraction of sp³-hybridized carbons (Fsp3) is 0.381. The van der Waals surface area contributed by atoms with Crippen molar-refractivity contribution in [2.45, 2.75) is 51.5 Å². The lowest BCUT2D eigenvalue weighted by molar-refractivity contribution is 0.309. The maximum absolute atomic E-state index is 6.36. The second-order valence-electron chi connectivity index (χ2n) is 7.38. The summed E-state index contributed by atoms with van der Waals surface area (Å²) < 4.78 is 1.86. The van der Waals surface area contributed by atoms with Crippen LogP contribution < -0.4 is 5.32 Å². The van der Waals surface area contributed by atoms with Gasteiger partial charge in [-0.3, -0.25) is 0 Å². The van der Waals surface area contributed by atoms with Crippen LogP contribution in [0.15, 0.2) is 42.5 Å². The summed E-state index contributed by atoms with van der Waals surface area (Å²) in [6.07, 6.45) is 5.55. The van der Waals surface area contributed by atoms with Crippen molar-refractivity contribution >= 4 is 17.3 Å². The molecule has 0 spiro atoms. The van der Waals surface area contributed by atoms with Crippen LogP contribution in [-0.2, 0) is 5.54 Å². The summed E-state index contributed by atoms with van der Waals surface area (Å²) in [6, 6.07) is 14.2. The molecular formula is C21H24ClN5.